The van der Waals surface area contributed by atoms with E-state index in [-0.39, 0.29) is 28.4 Å². The monoisotopic (exact) mass is 445 g/mol. The van der Waals surface area contributed by atoms with Crippen LogP contribution in [0.3, 0.4) is 0 Å². The van der Waals surface area contributed by atoms with Gasteiger partial charge in [-0.1, -0.05) is 28.5 Å². The van der Waals surface area contributed by atoms with Gasteiger partial charge in [-0.15, -0.1) is 0 Å². The highest BCUT2D eigenvalue weighted by atomic mass is 19.4. The molecule has 32 heavy (non-hydrogen) atoms. The van der Waals surface area contributed by atoms with Crippen molar-refractivity contribution in [2.75, 3.05) is 0 Å². The maximum absolute atomic E-state index is 13.6. The van der Waals surface area contributed by atoms with E-state index in [1.807, 2.05) is 0 Å². The van der Waals surface area contributed by atoms with Crippen LogP contribution in [0.5, 0.6) is 0 Å². The summed E-state index contributed by atoms with van der Waals surface area (Å²) in [5.74, 6) is -0.00484. The number of rotatable bonds is 4. The van der Waals surface area contributed by atoms with Crippen LogP contribution in [0, 0.1) is 13.8 Å². The molecule has 4 aromatic rings. The Bertz CT molecular complexity index is 1320. The maximum Gasteiger partial charge on any atom is 0.417 e. The molecule has 8 nitrogen and oxygen atoms in total. The molecule has 0 aliphatic rings. The summed E-state index contributed by atoms with van der Waals surface area (Å²) in [4.78, 5) is 21.6. The predicted octanol–water partition coefficient (Wildman–Crippen LogP) is 4.57. The number of carbonyl (C=O) groups excluding carboxylic acids is 1. The Labute approximate surface area is 179 Å². The summed E-state index contributed by atoms with van der Waals surface area (Å²) >= 11 is 0. The number of carbonyl (C=O) groups is 1. The fraction of sp³-hybridized carbons (Fsp3) is 0.286. The molecule has 11 heteroatoms. The van der Waals surface area contributed by atoms with Crippen molar-refractivity contribution in [3.63, 3.8) is 0 Å². The van der Waals surface area contributed by atoms with Gasteiger partial charge >= 0.3 is 6.18 Å². The van der Waals surface area contributed by atoms with Gasteiger partial charge in [0.15, 0.2) is 5.82 Å². The average Bonchev–Trinajstić information content (AvgIpc) is 3.33. The Balaban J connectivity index is 1.84. The fourth-order valence-corrected chi connectivity index (χ4v) is 3.33. The molecule has 0 fully saturated rings. The number of alkyl halides is 3. The summed E-state index contributed by atoms with van der Waals surface area (Å²) < 4.78 is 50.8. The molecule has 3 heterocycles. The van der Waals surface area contributed by atoms with E-state index < -0.39 is 23.2 Å². The Morgan fingerprint density at radius 2 is 1.75 bits per heavy atom. The van der Waals surface area contributed by atoms with E-state index in [0.717, 1.165) is 6.07 Å². The van der Waals surface area contributed by atoms with Gasteiger partial charge in [0.25, 0.3) is 11.6 Å². The van der Waals surface area contributed by atoms with E-state index in [2.05, 4.69) is 25.6 Å². The number of benzene rings is 1. The van der Waals surface area contributed by atoms with Crippen molar-refractivity contribution in [2.24, 2.45) is 0 Å². The van der Waals surface area contributed by atoms with Crippen LogP contribution in [0.25, 0.3) is 22.4 Å². The maximum atomic E-state index is 13.6. The third-order valence-electron chi connectivity index (χ3n) is 4.88. The third-order valence-corrected chi connectivity index (χ3v) is 4.88. The van der Waals surface area contributed by atoms with Crippen molar-refractivity contribution < 1.29 is 27.0 Å². The van der Waals surface area contributed by atoms with Gasteiger partial charge in [-0.05, 0) is 32.9 Å². The predicted molar refractivity (Wildman–Crippen MR) is 107 cm³/mol. The van der Waals surface area contributed by atoms with E-state index in [1.54, 1.807) is 27.7 Å². The lowest BCUT2D eigenvalue weighted by molar-refractivity contribution is -0.137. The number of nitrogens with one attached hydrogen (secondary N) is 1. The molecule has 1 aromatic carbocycles. The smallest absolute Gasteiger partial charge is 0.340 e. The van der Waals surface area contributed by atoms with Crippen molar-refractivity contribution in [2.45, 2.75) is 39.4 Å². The lowest BCUT2D eigenvalue weighted by atomic mass is 9.99. The quantitative estimate of drug-likeness (QED) is 0.490. The molecule has 0 aliphatic heterocycles. The summed E-state index contributed by atoms with van der Waals surface area (Å²) in [6.07, 6.45) is -4.61. The average molecular weight is 445 g/mol. The van der Waals surface area contributed by atoms with Crippen molar-refractivity contribution in [3.8, 4) is 11.3 Å². The molecule has 1 amide bonds. The lowest BCUT2D eigenvalue weighted by Crippen LogP contribution is -2.42. The SMILES string of the molecule is Cc1nc(C(C)(C)NC(=O)c2cc(-c3ccccc3C(F)(F)F)nc3onc(C)c23)no1. The normalized spacial score (nSPS) is 12.3. The number of amides is 1. The van der Waals surface area contributed by atoms with Gasteiger partial charge in [-0.3, -0.25) is 4.79 Å². The summed E-state index contributed by atoms with van der Waals surface area (Å²) in [5.41, 5.74) is -1.76. The Morgan fingerprint density at radius 1 is 1.03 bits per heavy atom. The summed E-state index contributed by atoms with van der Waals surface area (Å²) in [7, 11) is 0. The lowest BCUT2D eigenvalue weighted by Gasteiger charge is -2.22. The van der Waals surface area contributed by atoms with Gasteiger partial charge in [-0.25, -0.2) is 4.98 Å². The fourth-order valence-electron chi connectivity index (χ4n) is 3.33. The van der Waals surface area contributed by atoms with Gasteiger partial charge in [0, 0.05) is 12.5 Å². The van der Waals surface area contributed by atoms with E-state index >= 15 is 0 Å². The molecule has 3 aromatic heterocycles. The van der Waals surface area contributed by atoms with Crippen LogP contribution in [-0.2, 0) is 11.7 Å². The van der Waals surface area contributed by atoms with Crippen molar-refractivity contribution >= 4 is 17.0 Å². The second kappa shape index (κ2) is 7.43. The minimum Gasteiger partial charge on any atom is -0.340 e. The third kappa shape index (κ3) is 3.81. The highest BCUT2D eigenvalue weighted by Gasteiger charge is 2.35. The van der Waals surface area contributed by atoms with Crippen molar-refractivity contribution in [1.82, 2.24) is 25.6 Å². The van der Waals surface area contributed by atoms with Gasteiger partial charge in [0.2, 0.25) is 5.89 Å². The number of hydrogen-bond donors (Lipinski definition) is 1. The Morgan fingerprint density at radius 3 is 2.41 bits per heavy atom. The molecular weight excluding hydrogens is 427 g/mol. The van der Waals surface area contributed by atoms with Crippen LogP contribution < -0.4 is 5.32 Å². The second-order valence-corrected chi connectivity index (χ2v) is 7.76. The van der Waals surface area contributed by atoms with Crippen LogP contribution in [0.2, 0.25) is 0 Å². The molecule has 4 rings (SSSR count). The summed E-state index contributed by atoms with van der Waals surface area (Å²) in [6, 6.07) is 6.28. The molecule has 0 bridgehead atoms. The first-order valence-corrected chi connectivity index (χ1v) is 9.54. The van der Waals surface area contributed by atoms with Gasteiger partial charge in [-0.2, -0.15) is 18.2 Å². The molecule has 0 unspecified atom stereocenters. The van der Waals surface area contributed by atoms with Crippen LogP contribution in [0.15, 0.2) is 39.4 Å². The van der Waals surface area contributed by atoms with Crippen LogP contribution in [-0.4, -0.2) is 26.2 Å². The van der Waals surface area contributed by atoms with E-state index in [0.29, 0.717) is 17.0 Å². The standard InChI is InChI=1S/C21H18F3N5O3/c1-10-16-13(17(30)27-20(3,4)19-25-11(2)31-29-19)9-15(26-18(16)32-28-10)12-7-5-6-8-14(12)21(22,23)24/h5-9H,1-4H3,(H,27,30). The summed E-state index contributed by atoms with van der Waals surface area (Å²) in [5, 5.41) is 10.8. The molecule has 166 valence electrons. The number of hydrogen-bond acceptors (Lipinski definition) is 7. The van der Waals surface area contributed by atoms with Gasteiger partial charge in [0.1, 0.15) is 0 Å². The number of aromatic nitrogens is 4. The zero-order valence-corrected chi connectivity index (χ0v) is 17.5. The zero-order chi connectivity index (χ0) is 23.3. The largest absolute Gasteiger partial charge is 0.417 e. The molecular formula is C21H18F3N5O3. The molecule has 0 atom stereocenters. The number of nitrogens with zero attached hydrogens (tertiary/aromatic N) is 4. The zero-order valence-electron chi connectivity index (χ0n) is 17.5. The molecule has 0 spiro atoms. The molecule has 0 radical (unpaired) electrons. The highest BCUT2D eigenvalue weighted by molar-refractivity contribution is 6.07. The molecule has 0 saturated heterocycles. The van der Waals surface area contributed by atoms with Gasteiger partial charge in [0.05, 0.1) is 33.4 Å². The number of pyridine rings is 1. The minimum absolute atomic E-state index is 0.0460. The summed E-state index contributed by atoms with van der Waals surface area (Å²) in [6.45, 7) is 6.58. The topological polar surface area (TPSA) is 107 Å². The van der Waals surface area contributed by atoms with E-state index in [9.17, 15) is 18.0 Å². The first-order chi connectivity index (χ1) is 15.0. The number of fused-ring (bicyclic) bond motifs is 1. The Hall–Kier alpha value is -3.76. The minimum atomic E-state index is -4.61. The van der Waals surface area contributed by atoms with Crippen LogP contribution in [0.4, 0.5) is 13.2 Å². The first-order valence-electron chi connectivity index (χ1n) is 9.54. The second-order valence-electron chi connectivity index (χ2n) is 7.76. The van der Waals surface area contributed by atoms with Crippen molar-refractivity contribution in [1.29, 1.82) is 0 Å². The van der Waals surface area contributed by atoms with Gasteiger partial charge < -0.3 is 14.4 Å². The van der Waals surface area contributed by atoms with Crippen LogP contribution >= 0.6 is 0 Å². The first kappa shape index (κ1) is 21.5. The number of aryl methyl sites for hydroxylation is 2. The molecule has 0 saturated carbocycles. The van der Waals surface area contributed by atoms with Crippen molar-refractivity contribution in [3.05, 3.63) is 58.9 Å². The Kier molecular flexibility index (Phi) is 4.99. The molecule has 1 N–H and O–H groups in total. The molecule has 0 aliphatic carbocycles. The van der Waals surface area contributed by atoms with E-state index in [1.165, 1.54) is 24.3 Å². The van der Waals surface area contributed by atoms with Crippen LogP contribution in [0.1, 0.15) is 47.2 Å². The highest BCUT2D eigenvalue weighted by Crippen LogP contribution is 2.37. The van der Waals surface area contributed by atoms with E-state index in [4.69, 9.17) is 9.05 Å². The number of halogens is 3.